The minimum Gasteiger partial charge on any atom is -0.481 e. The van der Waals surface area contributed by atoms with Crippen LogP contribution in [0.3, 0.4) is 0 Å². The highest BCUT2D eigenvalue weighted by Gasteiger charge is 2.33. The number of fused-ring (bicyclic) bond motifs is 1. The van der Waals surface area contributed by atoms with Gasteiger partial charge in [-0.25, -0.2) is 5.01 Å². The average Bonchev–Trinajstić information content (AvgIpc) is 3.35. The smallest absolute Gasteiger partial charge is 0.303 e. The van der Waals surface area contributed by atoms with Crippen LogP contribution in [0, 0.1) is 6.92 Å². The molecule has 1 N–H and O–H groups in total. The molecule has 0 unspecified atom stereocenters. The van der Waals surface area contributed by atoms with Crippen LogP contribution < -0.4 is 9.47 Å². The van der Waals surface area contributed by atoms with E-state index in [9.17, 15) is 9.59 Å². The van der Waals surface area contributed by atoms with Crippen molar-refractivity contribution >= 4 is 17.6 Å². The minimum absolute atomic E-state index is 0.0342. The summed E-state index contributed by atoms with van der Waals surface area (Å²) in [5.41, 5.74) is 3.82. The fraction of sp³-hybridized carbons (Fsp3) is 0.318. The predicted molar refractivity (Wildman–Crippen MR) is 106 cm³/mol. The number of aryl methyl sites for hydroxylation is 1. The third kappa shape index (κ3) is 4.08. The van der Waals surface area contributed by atoms with Gasteiger partial charge in [0, 0.05) is 24.8 Å². The normalized spacial score (nSPS) is 17.3. The number of rotatable bonds is 6. The Morgan fingerprint density at radius 1 is 1.10 bits per heavy atom. The molecule has 29 heavy (non-hydrogen) atoms. The number of nitrogens with zero attached hydrogens (tertiary/aromatic N) is 2. The quantitative estimate of drug-likeness (QED) is 0.808. The molecule has 0 aliphatic carbocycles. The van der Waals surface area contributed by atoms with Gasteiger partial charge in [-0.15, -0.1) is 0 Å². The van der Waals surface area contributed by atoms with Crippen LogP contribution in [0.1, 0.15) is 48.4 Å². The lowest BCUT2D eigenvalue weighted by molar-refractivity contribution is -0.137. The molecule has 0 bridgehead atoms. The highest BCUT2D eigenvalue weighted by atomic mass is 16.7. The molecule has 0 radical (unpaired) electrons. The standard InChI is InChI=1S/C22H22N2O5/c1-14-5-7-15(8-6-14)18-12-17(16-9-10-19-20(11-16)29-13-28-19)23-24(18)21(25)3-2-4-22(26)27/h5-11,18H,2-4,12-13H2,1H3,(H,26,27)/t18-/m1/s1. The van der Waals surface area contributed by atoms with Gasteiger partial charge in [0.1, 0.15) is 0 Å². The first kappa shape index (κ1) is 19.0. The summed E-state index contributed by atoms with van der Waals surface area (Å²) in [4.78, 5) is 23.6. The van der Waals surface area contributed by atoms with Gasteiger partial charge in [-0.05, 0) is 37.1 Å². The van der Waals surface area contributed by atoms with Crippen molar-refractivity contribution in [3.8, 4) is 11.5 Å². The molecule has 1 amide bonds. The van der Waals surface area contributed by atoms with Crippen LogP contribution in [-0.4, -0.2) is 34.5 Å². The maximum absolute atomic E-state index is 12.8. The second-order valence-corrected chi connectivity index (χ2v) is 7.23. The molecule has 2 aromatic carbocycles. The summed E-state index contributed by atoms with van der Waals surface area (Å²) in [5.74, 6) is 0.291. The molecule has 2 aliphatic rings. The lowest BCUT2D eigenvalue weighted by atomic mass is 9.97. The van der Waals surface area contributed by atoms with Gasteiger partial charge in [0.15, 0.2) is 11.5 Å². The van der Waals surface area contributed by atoms with Gasteiger partial charge in [-0.2, -0.15) is 5.10 Å². The molecule has 150 valence electrons. The van der Waals surface area contributed by atoms with Crippen LogP contribution in [0.5, 0.6) is 11.5 Å². The Hall–Kier alpha value is -3.35. The number of amides is 1. The highest BCUT2D eigenvalue weighted by molar-refractivity contribution is 6.03. The number of benzene rings is 2. The first-order valence-corrected chi connectivity index (χ1v) is 9.59. The number of hydrazone groups is 1. The van der Waals surface area contributed by atoms with Gasteiger partial charge >= 0.3 is 5.97 Å². The number of aliphatic carboxylic acids is 1. The fourth-order valence-electron chi connectivity index (χ4n) is 3.54. The van der Waals surface area contributed by atoms with E-state index in [1.807, 2.05) is 49.4 Å². The first-order valence-electron chi connectivity index (χ1n) is 9.59. The molecule has 2 heterocycles. The fourth-order valence-corrected chi connectivity index (χ4v) is 3.54. The van der Waals surface area contributed by atoms with Crippen LogP contribution in [0.25, 0.3) is 0 Å². The van der Waals surface area contributed by atoms with Gasteiger partial charge < -0.3 is 14.6 Å². The Kier molecular flexibility index (Phi) is 5.20. The molecule has 0 fully saturated rings. The number of carbonyl (C=O) groups is 2. The monoisotopic (exact) mass is 394 g/mol. The largest absolute Gasteiger partial charge is 0.481 e. The minimum atomic E-state index is -0.904. The van der Waals surface area contributed by atoms with Gasteiger partial charge in [-0.3, -0.25) is 9.59 Å². The van der Waals surface area contributed by atoms with Gasteiger partial charge in [0.25, 0.3) is 0 Å². The number of hydrogen-bond acceptors (Lipinski definition) is 5. The van der Waals surface area contributed by atoms with E-state index >= 15 is 0 Å². The third-order valence-corrected chi connectivity index (χ3v) is 5.12. The van der Waals surface area contributed by atoms with E-state index in [0.717, 1.165) is 22.4 Å². The van der Waals surface area contributed by atoms with Crippen molar-refractivity contribution in [3.05, 3.63) is 59.2 Å². The molecule has 1 atom stereocenters. The van der Waals surface area contributed by atoms with Crippen molar-refractivity contribution in [3.63, 3.8) is 0 Å². The van der Waals surface area contributed by atoms with E-state index in [4.69, 9.17) is 14.6 Å². The van der Waals surface area contributed by atoms with Crippen LogP contribution in [-0.2, 0) is 9.59 Å². The van der Waals surface area contributed by atoms with Crippen molar-refractivity contribution in [2.24, 2.45) is 5.10 Å². The van der Waals surface area contributed by atoms with Crippen molar-refractivity contribution in [1.29, 1.82) is 0 Å². The van der Waals surface area contributed by atoms with E-state index in [2.05, 4.69) is 5.10 Å². The SMILES string of the molecule is Cc1ccc([C@H]2CC(c3ccc4c(c3)OCO4)=NN2C(=O)CCCC(=O)O)cc1. The number of carboxylic acids is 1. The van der Waals surface area contributed by atoms with Crippen LogP contribution in [0.2, 0.25) is 0 Å². The Morgan fingerprint density at radius 2 is 1.86 bits per heavy atom. The summed E-state index contributed by atoms with van der Waals surface area (Å²) < 4.78 is 10.8. The Bertz CT molecular complexity index is 968. The molecule has 7 heteroatoms. The van der Waals surface area contributed by atoms with Crippen LogP contribution in [0.4, 0.5) is 0 Å². The predicted octanol–water partition coefficient (Wildman–Crippen LogP) is 3.66. The molecule has 2 aliphatic heterocycles. The summed E-state index contributed by atoms with van der Waals surface area (Å²) in [6.07, 6.45) is 0.980. The topological polar surface area (TPSA) is 88.4 Å². The number of carbonyl (C=O) groups excluding carboxylic acids is 1. The zero-order valence-electron chi connectivity index (χ0n) is 16.1. The lowest BCUT2D eigenvalue weighted by Crippen LogP contribution is -2.27. The number of carboxylic acid groups (broad SMARTS) is 1. The summed E-state index contributed by atoms with van der Waals surface area (Å²) in [6.45, 7) is 2.22. The molecular weight excluding hydrogens is 372 g/mol. The first-order chi connectivity index (χ1) is 14.0. The van der Waals surface area contributed by atoms with E-state index in [1.165, 1.54) is 5.01 Å². The third-order valence-electron chi connectivity index (χ3n) is 5.12. The summed E-state index contributed by atoms with van der Waals surface area (Å²) >= 11 is 0. The average molecular weight is 394 g/mol. The van der Waals surface area contributed by atoms with Crippen LogP contribution >= 0.6 is 0 Å². The molecule has 0 spiro atoms. The zero-order chi connectivity index (χ0) is 20.4. The van der Waals surface area contributed by atoms with Gasteiger partial charge in [0.05, 0.1) is 11.8 Å². The van der Waals surface area contributed by atoms with Crippen molar-refractivity contribution in [2.45, 2.75) is 38.6 Å². The Morgan fingerprint density at radius 3 is 2.62 bits per heavy atom. The Balaban J connectivity index is 1.60. The molecular formula is C22H22N2O5. The maximum Gasteiger partial charge on any atom is 0.303 e. The molecule has 0 saturated heterocycles. The highest BCUT2D eigenvalue weighted by Crippen LogP contribution is 2.37. The van der Waals surface area contributed by atoms with E-state index < -0.39 is 5.97 Å². The maximum atomic E-state index is 12.8. The number of ether oxygens (including phenoxy) is 2. The molecule has 0 aromatic heterocycles. The Labute approximate surface area is 168 Å². The summed E-state index contributed by atoms with van der Waals surface area (Å²) in [7, 11) is 0. The van der Waals surface area contributed by atoms with E-state index in [1.54, 1.807) is 0 Å². The van der Waals surface area contributed by atoms with E-state index in [-0.39, 0.29) is 31.6 Å². The second-order valence-electron chi connectivity index (χ2n) is 7.23. The second kappa shape index (κ2) is 7.95. The van der Waals surface area contributed by atoms with E-state index in [0.29, 0.717) is 24.3 Å². The van der Waals surface area contributed by atoms with Crippen LogP contribution in [0.15, 0.2) is 47.6 Å². The molecule has 4 rings (SSSR count). The lowest BCUT2D eigenvalue weighted by Gasteiger charge is -2.22. The molecule has 2 aromatic rings. The summed E-state index contributed by atoms with van der Waals surface area (Å²) in [6, 6.07) is 13.5. The molecule has 0 saturated carbocycles. The summed E-state index contributed by atoms with van der Waals surface area (Å²) in [5, 5.41) is 15.0. The van der Waals surface area contributed by atoms with Crippen molar-refractivity contribution in [1.82, 2.24) is 5.01 Å². The number of hydrogen-bond donors (Lipinski definition) is 1. The molecule has 7 nitrogen and oxygen atoms in total. The van der Waals surface area contributed by atoms with Gasteiger partial charge in [-0.1, -0.05) is 29.8 Å². The van der Waals surface area contributed by atoms with Crippen molar-refractivity contribution < 1.29 is 24.2 Å². The van der Waals surface area contributed by atoms with Crippen molar-refractivity contribution in [2.75, 3.05) is 6.79 Å². The zero-order valence-corrected chi connectivity index (χ0v) is 16.1. The van der Waals surface area contributed by atoms with Gasteiger partial charge in [0.2, 0.25) is 12.7 Å².